The van der Waals surface area contributed by atoms with E-state index < -0.39 is 0 Å². The van der Waals surface area contributed by atoms with Crippen molar-refractivity contribution in [3.8, 4) is 0 Å². The van der Waals surface area contributed by atoms with Crippen molar-refractivity contribution in [1.82, 2.24) is 0 Å². The molecule has 0 saturated carbocycles. The van der Waals surface area contributed by atoms with Gasteiger partial charge in [0.2, 0.25) is 0 Å². The fraction of sp³-hybridized carbons (Fsp3) is 0.600. The first-order chi connectivity index (χ1) is 16.6. The molecule has 0 nitrogen and oxygen atoms in total. The Morgan fingerprint density at radius 2 is 0.571 bits per heavy atom. The second kappa shape index (κ2) is 21.5. The Hall–Kier alpha value is -1.82. The van der Waals surface area contributed by atoms with Crippen LogP contribution in [0, 0.1) is 0 Å². The van der Waals surface area contributed by atoms with E-state index in [4.69, 9.17) is 0 Å². The average molecular weight is 479 g/mol. The molecule has 0 radical (unpaired) electrons. The van der Waals surface area contributed by atoms with Crippen LogP contribution in [0.4, 0.5) is 0 Å². The Labute approximate surface area is 220 Å². The highest BCUT2D eigenvalue weighted by Gasteiger charge is 1.96. The molecule has 0 heterocycles. The molecule has 0 atom stereocenters. The lowest BCUT2D eigenvalue weighted by Crippen LogP contribution is -1.83. The van der Waals surface area contributed by atoms with Crippen molar-refractivity contribution in [2.75, 3.05) is 0 Å². The first-order valence-corrected chi connectivity index (χ1v) is 14.2. The fourth-order valence-electron chi connectivity index (χ4n) is 3.97. The van der Waals surface area contributed by atoms with Crippen LogP contribution in [0.25, 0.3) is 0 Å². The molecule has 0 N–H and O–H groups in total. The zero-order valence-corrected chi connectivity index (χ0v) is 25.0. The standard InChI is InChI=1S/C35H58/c1-10-30(4)18-12-20-32(6)22-14-24-34(8)26-16-28-35(9)27-15-25-33(7)23-13-21-31(5)19-11-17-29(2)3/h10,17,20-21,24-25,28H,11-16,18-19,22-23,26-27H2,1-9H3. The van der Waals surface area contributed by atoms with Crippen LogP contribution in [0.5, 0.6) is 0 Å². The summed E-state index contributed by atoms with van der Waals surface area (Å²) in [5.41, 5.74) is 10.6. The first-order valence-electron chi connectivity index (χ1n) is 14.2. The molecule has 0 heteroatoms. The van der Waals surface area contributed by atoms with Crippen LogP contribution in [-0.2, 0) is 0 Å². The monoisotopic (exact) mass is 478 g/mol. The largest absolute Gasteiger partial charge is 0.0887 e. The minimum absolute atomic E-state index is 1.17. The molecule has 0 saturated heterocycles. The summed E-state index contributed by atoms with van der Waals surface area (Å²) in [5.74, 6) is 0. The molecule has 0 spiro atoms. The lowest BCUT2D eigenvalue weighted by atomic mass is 10.0. The average Bonchev–Trinajstić information content (AvgIpc) is 2.78. The van der Waals surface area contributed by atoms with E-state index in [0.29, 0.717) is 0 Å². The van der Waals surface area contributed by atoms with E-state index >= 15 is 0 Å². The quantitative estimate of drug-likeness (QED) is 0.172. The topological polar surface area (TPSA) is 0 Å². The van der Waals surface area contributed by atoms with Crippen molar-refractivity contribution in [2.45, 2.75) is 139 Å². The molecule has 0 aliphatic carbocycles. The Bertz CT molecular complexity index is 782. The van der Waals surface area contributed by atoms with Crippen molar-refractivity contribution in [1.29, 1.82) is 0 Å². The molecule has 0 unspecified atom stereocenters. The lowest BCUT2D eigenvalue weighted by molar-refractivity contribution is 0.883. The van der Waals surface area contributed by atoms with E-state index in [1.54, 1.807) is 0 Å². The SMILES string of the molecule is CC=C(C)CCC=C(C)CCC=C(C)CCC=C(C)CCC=C(C)CCC=C(C)CCC=C(C)C. The highest BCUT2D eigenvalue weighted by Crippen LogP contribution is 2.16. The summed E-state index contributed by atoms with van der Waals surface area (Å²) in [6.45, 7) is 20.1. The number of hydrogen-bond acceptors (Lipinski definition) is 0. The van der Waals surface area contributed by atoms with Gasteiger partial charge in [0.1, 0.15) is 0 Å². The number of rotatable bonds is 18. The van der Waals surface area contributed by atoms with Gasteiger partial charge in [-0.1, -0.05) is 81.5 Å². The Morgan fingerprint density at radius 3 is 0.800 bits per heavy atom. The Morgan fingerprint density at radius 1 is 0.343 bits per heavy atom. The minimum atomic E-state index is 1.17. The van der Waals surface area contributed by atoms with Gasteiger partial charge in [0, 0.05) is 0 Å². The maximum absolute atomic E-state index is 2.45. The Kier molecular flexibility index (Phi) is 20.3. The van der Waals surface area contributed by atoms with Crippen molar-refractivity contribution < 1.29 is 0 Å². The molecular formula is C35H58. The maximum atomic E-state index is 2.45. The fourth-order valence-corrected chi connectivity index (χ4v) is 3.97. The third kappa shape index (κ3) is 22.4. The zero-order chi connectivity index (χ0) is 26.5. The van der Waals surface area contributed by atoms with E-state index in [2.05, 4.69) is 105 Å². The summed E-state index contributed by atoms with van der Waals surface area (Å²) in [6.07, 6.45) is 31.0. The second-order valence-electron chi connectivity index (χ2n) is 10.9. The van der Waals surface area contributed by atoms with Gasteiger partial charge in [-0.3, -0.25) is 0 Å². The van der Waals surface area contributed by atoms with Gasteiger partial charge in [0.05, 0.1) is 0 Å². The van der Waals surface area contributed by atoms with Gasteiger partial charge in [0.15, 0.2) is 0 Å². The van der Waals surface area contributed by atoms with Crippen molar-refractivity contribution >= 4 is 0 Å². The molecule has 0 aliphatic heterocycles. The van der Waals surface area contributed by atoms with E-state index in [1.165, 1.54) is 116 Å². The highest BCUT2D eigenvalue weighted by atomic mass is 14.0. The molecule has 0 fully saturated rings. The smallest absolute Gasteiger partial charge is 0.0288 e. The summed E-state index contributed by atoms with van der Waals surface area (Å²) in [4.78, 5) is 0. The third-order valence-corrected chi connectivity index (χ3v) is 6.74. The molecule has 0 aliphatic rings. The van der Waals surface area contributed by atoms with Gasteiger partial charge in [-0.05, 0) is 139 Å². The van der Waals surface area contributed by atoms with Crippen LogP contribution in [0.15, 0.2) is 81.5 Å². The van der Waals surface area contributed by atoms with Gasteiger partial charge in [-0.15, -0.1) is 0 Å². The van der Waals surface area contributed by atoms with Crippen molar-refractivity contribution in [2.24, 2.45) is 0 Å². The normalized spacial score (nSPS) is 14.5. The summed E-state index contributed by atoms with van der Waals surface area (Å²) < 4.78 is 0. The maximum Gasteiger partial charge on any atom is -0.0288 e. The molecule has 0 amide bonds. The zero-order valence-electron chi connectivity index (χ0n) is 25.0. The van der Waals surface area contributed by atoms with E-state index in [9.17, 15) is 0 Å². The molecule has 0 bridgehead atoms. The summed E-state index contributed by atoms with van der Waals surface area (Å²) in [6, 6.07) is 0. The first kappa shape index (κ1) is 33.2. The second-order valence-corrected chi connectivity index (χ2v) is 10.9. The number of allylic oxidation sites excluding steroid dienone is 14. The molecule has 0 aromatic heterocycles. The predicted octanol–water partition coefficient (Wildman–Crippen LogP) is 12.3. The molecule has 198 valence electrons. The minimum Gasteiger partial charge on any atom is -0.0887 e. The molecule has 35 heavy (non-hydrogen) atoms. The highest BCUT2D eigenvalue weighted by molar-refractivity contribution is 5.09. The van der Waals surface area contributed by atoms with Crippen molar-refractivity contribution in [3.63, 3.8) is 0 Å². The lowest BCUT2D eigenvalue weighted by Gasteiger charge is -2.04. The van der Waals surface area contributed by atoms with Crippen LogP contribution >= 0.6 is 0 Å². The van der Waals surface area contributed by atoms with Gasteiger partial charge in [0.25, 0.3) is 0 Å². The van der Waals surface area contributed by atoms with Gasteiger partial charge in [-0.25, -0.2) is 0 Å². The Balaban J connectivity index is 4.13. The molecular weight excluding hydrogens is 420 g/mol. The summed E-state index contributed by atoms with van der Waals surface area (Å²) in [7, 11) is 0. The molecule has 0 aromatic rings. The van der Waals surface area contributed by atoms with Crippen LogP contribution in [0.2, 0.25) is 0 Å². The van der Waals surface area contributed by atoms with E-state index in [0.717, 1.165) is 0 Å². The van der Waals surface area contributed by atoms with Crippen LogP contribution < -0.4 is 0 Å². The summed E-state index contributed by atoms with van der Waals surface area (Å²) in [5, 5.41) is 0. The van der Waals surface area contributed by atoms with Gasteiger partial charge in [-0.2, -0.15) is 0 Å². The number of hydrogen-bond donors (Lipinski definition) is 0. The van der Waals surface area contributed by atoms with Gasteiger partial charge < -0.3 is 0 Å². The van der Waals surface area contributed by atoms with Crippen LogP contribution in [0.1, 0.15) is 139 Å². The van der Waals surface area contributed by atoms with Crippen molar-refractivity contribution in [3.05, 3.63) is 81.5 Å². The van der Waals surface area contributed by atoms with E-state index in [-0.39, 0.29) is 0 Å². The van der Waals surface area contributed by atoms with Crippen LogP contribution in [0.3, 0.4) is 0 Å². The predicted molar refractivity (Wildman–Crippen MR) is 163 cm³/mol. The third-order valence-electron chi connectivity index (χ3n) is 6.74. The molecule has 0 rings (SSSR count). The van der Waals surface area contributed by atoms with Crippen LogP contribution in [-0.4, -0.2) is 0 Å². The summed E-state index contributed by atoms with van der Waals surface area (Å²) >= 11 is 0. The van der Waals surface area contributed by atoms with E-state index in [1.807, 2.05) is 0 Å². The molecule has 0 aromatic carbocycles. The van der Waals surface area contributed by atoms with Gasteiger partial charge >= 0.3 is 0 Å².